The van der Waals surface area contributed by atoms with Crippen molar-refractivity contribution in [2.75, 3.05) is 13.2 Å². The van der Waals surface area contributed by atoms with Crippen molar-refractivity contribution in [1.29, 1.82) is 5.26 Å². The third kappa shape index (κ3) is 4.60. The SMILES string of the molecule is N#Cc1c(-c2c(Br)cnn2C2CCCCO2)c(CCCCCO)cc2cc3cc4ccccc4cc3cc12. The molecule has 0 saturated carbocycles. The number of hydrogen-bond donors (Lipinski definition) is 1. The normalized spacial score (nSPS) is 15.9. The monoisotopic (exact) mass is 567 g/mol. The summed E-state index contributed by atoms with van der Waals surface area (Å²) in [6.45, 7) is 0.920. The van der Waals surface area contributed by atoms with Crippen LogP contribution in [0.15, 0.2) is 65.3 Å². The molecule has 6 rings (SSSR count). The molecule has 6 heteroatoms. The predicted octanol–water partition coefficient (Wildman–Crippen LogP) is 8.05. The third-order valence-electron chi connectivity index (χ3n) is 7.68. The highest BCUT2D eigenvalue weighted by atomic mass is 79.9. The molecule has 1 N–H and O–H groups in total. The highest BCUT2D eigenvalue weighted by Gasteiger charge is 2.26. The summed E-state index contributed by atoms with van der Waals surface area (Å²) in [6.07, 6.45) is 8.21. The molecule has 0 radical (unpaired) electrons. The van der Waals surface area contributed by atoms with E-state index in [1.807, 2.05) is 10.9 Å². The summed E-state index contributed by atoms with van der Waals surface area (Å²) in [5.41, 5.74) is 3.65. The van der Waals surface area contributed by atoms with Crippen molar-refractivity contribution in [3.8, 4) is 17.3 Å². The molecule has 0 aliphatic carbocycles. The van der Waals surface area contributed by atoms with Gasteiger partial charge in [-0.15, -0.1) is 0 Å². The number of nitrogens with zero attached hydrogens (tertiary/aromatic N) is 3. The molecule has 5 nitrogen and oxygen atoms in total. The van der Waals surface area contributed by atoms with Gasteiger partial charge in [0, 0.05) is 24.2 Å². The van der Waals surface area contributed by atoms with Crippen molar-refractivity contribution in [3.05, 3.63) is 76.4 Å². The number of unbranched alkanes of at least 4 members (excludes halogenated alkanes) is 2. The second kappa shape index (κ2) is 10.9. The molecule has 0 amide bonds. The van der Waals surface area contributed by atoms with E-state index in [-0.39, 0.29) is 12.8 Å². The Labute approximate surface area is 230 Å². The van der Waals surface area contributed by atoms with Gasteiger partial charge >= 0.3 is 0 Å². The molecule has 1 atom stereocenters. The van der Waals surface area contributed by atoms with E-state index in [0.717, 1.165) is 89.0 Å². The first-order valence-corrected chi connectivity index (χ1v) is 14.3. The Morgan fingerprint density at radius 1 is 0.974 bits per heavy atom. The van der Waals surface area contributed by atoms with Gasteiger partial charge in [0.1, 0.15) is 6.07 Å². The average Bonchev–Trinajstić information content (AvgIpc) is 3.33. The van der Waals surface area contributed by atoms with Crippen LogP contribution in [0.4, 0.5) is 0 Å². The lowest BCUT2D eigenvalue weighted by Crippen LogP contribution is -2.20. The van der Waals surface area contributed by atoms with Gasteiger partial charge in [-0.2, -0.15) is 10.4 Å². The molecular formula is C32H30BrN3O2. The molecule has 0 spiro atoms. The van der Waals surface area contributed by atoms with Crippen molar-refractivity contribution in [2.24, 2.45) is 0 Å². The number of fused-ring (bicyclic) bond motifs is 3. The number of aliphatic hydroxyl groups excluding tert-OH is 1. The van der Waals surface area contributed by atoms with Crippen LogP contribution >= 0.6 is 15.9 Å². The molecule has 1 fully saturated rings. The van der Waals surface area contributed by atoms with Crippen LogP contribution in [0.5, 0.6) is 0 Å². The van der Waals surface area contributed by atoms with Crippen molar-refractivity contribution < 1.29 is 9.84 Å². The molecule has 5 aromatic rings. The maximum atomic E-state index is 10.6. The summed E-state index contributed by atoms with van der Waals surface area (Å²) in [5.74, 6) is 0. The van der Waals surface area contributed by atoms with E-state index >= 15 is 0 Å². The lowest BCUT2D eigenvalue weighted by atomic mass is 9.88. The van der Waals surface area contributed by atoms with Gasteiger partial charge in [0.25, 0.3) is 0 Å². The second-order valence-corrected chi connectivity index (χ2v) is 11.0. The van der Waals surface area contributed by atoms with Crippen LogP contribution in [0, 0.1) is 11.3 Å². The van der Waals surface area contributed by atoms with E-state index in [4.69, 9.17) is 9.84 Å². The number of aliphatic hydroxyl groups is 1. The lowest BCUT2D eigenvalue weighted by Gasteiger charge is -2.26. The Morgan fingerprint density at radius 2 is 1.74 bits per heavy atom. The highest BCUT2D eigenvalue weighted by Crippen LogP contribution is 2.41. The summed E-state index contributed by atoms with van der Waals surface area (Å²) in [6, 6.07) is 22.1. The van der Waals surface area contributed by atoms with Gasteiger partial charge in [-0.05, 0) is 111 Å². The number of nitriles is 1. The highest BCUT2D eigenvalue weighted by molar-refractivity contribution is 9.10. The molecule has 1 aromatic heterocycles. The standard InChI is InChI=1S/C32H30BrN3O2/c33-29-20-35-36(30-11-5-7-13-38-30)32(29)31-23(10-2-1-6-12-37)16-26-17-24-14-21-8-3-4-9-22(21)15-25(24)18-27(26)28(31)19-34/h3-4,8-9,14-18,20,30,37H,1-2,5-7,10-13H2. The zero-order chi connectivity index (χ0) is 26.1. The van der Waals surface area contributed by atoms with Crippen LogP contribution in [0.2, 0.25) is 0 Å². The average molecular weight is 569 g/mol. The Hall–Kier alpha value is -3.24. The molecule has 1 saturated heterocycles. The summed E-state index contributed by atoms with van der Waals surface area (Å²) in [5, 5.41) is 31.4. The fourth-order valence-electron chi connectivity index (χ4n) is 5.80. The second-order valence-electron chi connectivity index (χ2n) is 10.2. The van der Waals surface area contributed by atoms with Gasteiger partial charge in [0.2, 0.25) is 0 Å². The van der Waals surface area contributed by atoms with Gasteiger partial charge in [-0.3, -0.25) is 0 Å². The Bertz CT molecular complexity index is 1680. The van der Waals surface area contributed by atoms with E-state index in [0.29, 0.717) is 5.56 Å². The van der Waals surface area contributed by atoms with Crippen molar-refractivity contribution >= 4 is 48.2 Å². The molecule has 1 aliphatic heterocycles. The molecular weight excluding hydrogens is 538 g/mol. The number of aromatic nitrogens is 2. The lowest BCUT2D eigenvalue weighted by molar-refractivity contribution is -0.0384. The van der Waals surface area contributed by atoms with Crippen molar-refractivity contribution in [3.63, 3.8) is 0 Å². The van der Waals surface area contributed by atoms with E-state index in [1.54, 1.807) is 0 Å². The predicted molar refractivity (Wildman–Crippen MR) is 156 cm³/mol. The van der Waals surface area contributed by atoms with Crippen LogP contribution in [-0.4, -0.2) is 28.1 Å². The van der Waals surface area contributed by atoms with Crippen LogP contribution in [0.3, 0.4) is 0 Å². The quantitative estimate of drug-likeness (QED) is 0.159. The smallest absolute Gasteiger partial charge is 0.150 e. The summed E-state index contributed by atoms with van der Waals surface area (Å²) in [4.78, 5) is 0. The topological polar surface area (TPSA) is 71.1 Å². The molecule has 2 heterocycles. The third-order valence-corrected chi connectivity index (χ3v) is 8.26. The van der Waals surface area contributed by atoms with Gasteiger partial charge in [-0.25, -0.2) is 4.68 Å². The van der Waals surface area contributed by atoms with Gasteiger partial charge < -0.3 is 9.84 Å². The number of ether oxygens (including phenoxy) is 1. The van der Waals surface area contributed by atoms with Crippen molar-refractivity contribution in [1.82, 2.24) is 9.78 Å². The number of aryl methyl sites for hydroxylation is 1. The first kappa shape index (κ1) is 25.1. The zero-order valence-electron chi connectivity index (χ0n) is 21.3. The first-order valence-electron chi connectivity index (χ1n) is 13.5. The molecule has 192 valence electrons. The summed E-state index contributed by atoms with van der Waals surface area (Å²) in [7, 11) is 0. The van der Waals surface area contributed by atoms with Gasteiger partial charge in [0.05, 0.1) is 21.9 Å². The Kier molecular flexibility index (Phi) is 7.16. The van der Waals surface area contributed by atoms with Gasteiger partial charge in [0.15, 0.2) is 6.23 Å². The maximum absolute atomic E-state index is 10.6. The number of hydrogen-bond acceptors (Lipinski definition) is 4. The molecule has 1 unspecified atom stereocenters. The minimum absolute atomic E-state index is 0.141. The summed E-state index contributed by atoms with van der Waals surface area (Å²) >= 11 is 3.76. The van der Waals surface area contributed by atoms with Crippen LogP contribution < -0.4 is 0 Å². The molecule has 38 heavy (non-hydrogen) atoms. The van der Waals surface area contributed by atoms with Crippen LogP contribution in [0.1, 0.15) is 55.9 Å². The Morgan fingerprint density at radius 3 is 2.45 bits per heavy atom. The van der Waals surface area contributed by atoms with Gasteiger partial charge in [-0.1, -0.05) is 36.8 Å². The minimum atomic E-state index is -0.141. The maximum Gasteiger partial charge on any atom is 0.150 e. The fraction of sp³-hybridized carbons (Fsp3) is 0.312. The molecule has 0 bridgehead atoms. The van der Waals surface area contributed by atoms with Crippen LogP contribution in [-0.2, 0) is 11.2 Å². The number of benzene rings is 4. The Balaban J connectivity index is 1.60. The molecule has 1 aliphatic rings. The van der Waals surface area contributed by atoms with E-state index in [2.05, 4.69) is 76.6 Å². The first-order chi connectivity index (χ1) is 18.7. The van der Waals surface area contributed by atoms with E-state index in [1.165, 1.54) is 16.2 Å². The number of halogens is 1. The minimum Gasteiger partial charge on any atom is -0.396 e. The van der Waals surface area contributed by atoms with E-state index in [9.17, 15) is 10.4 Å². The zero-order valence-corrected chi connectivity index (χ0v) is 22.9. The largest absolute Gasteiger partial charge is 0.396 e. The summed E-state index contributed by atoms with van der Waals surface area (Å²) < 4.78 is 8.96. The van der Waals surface area contributed by atoms with Crippen LogP contribution in [0.25, 0.3) is 43.6 Å². The van der Waals surface area contributed by atoms with Crippen molar-refractivity contribution in [2.45, 2.75) is 51.2 Å². The molecule has 4 aromatic carbocycles. The fourth-order valence-corrected chi connectivity index (χ4v) is 6.27. The van der Waals surface area contributed by atoms with E-state index < -0.39 is 0 Å². The number of rotatable bonds is 7.